The normalized spacial score (nSPS) is 10.9. The van der Waals surface area contributed by atoms with Crippen LogP contribution in [-0.4, -0.2) is 33.3 Å². The number of thiocarbonyl (C=S) groups is 1. The molecule has 0 spiro atoms. The molecule has 0 aliphatic carbocycles. The fourth-order valence-electron chi connectivity index (χ4n) is 3.29. The van der Waals surface area contributed by atoms with Gasteiger partial charge in [0, 0.05) is 25.3 Å². The summed E-state index contributed by atoms with van der Waals surface area (Å²) in [4.78, 5) is 17.7. The molecule has 0 unspecified atom stereocenters. The Balaban J connectivity index is 1.80. The molecule has 3 rings (SSSR count). The summed E-state index contributed by atoms with van der Waals surface area (Å²) in [7, 11) is 0. The first-order chi connectivity index (χ1) is 14.0. The number of aromatic nitrogens is 1. The van der Waals surface area contributed by atoms with Crippen LogP contribution in [0.25, 0.3) is 10.9 Å². The van der Waals surface area contributed by atoms with Crippen LogP contribution in [0.4, 0.5) is 0 Å². The third-order valence-electron chi connectivity index (χ3n) is 5.15. The van der Waals surface area contributed by atoms with E-state index in [1.807, 2.05) is 61.2 Å². The van der Waals surface area contributed by atoms with E-state index in [-0.39, 0.29) is 12.2 Å². The fourth-order valence-corrected chi connectivity index (χ4v) is 3.52. The molecule has 0 bridgehead atoms. The van der Waals surface area contributed by atoms with Crippen LogP contribution in [0, 0.1) is 13.8 Å². The maximum atomic E-state index is 12.7. The van der Waals surface area contributed by atoms with Crippen molar-refractivity contribution in [3.8, 4) is 0 Å². The fraction of sp³-hybridized carbons (Fsp3) is 0.304. The summed E-state index contributed by atoms with van der Waals surface area (Å²) in [5.74, 6) is 0. The van der Waals surface area contributed by atoms with Crippen molar-refractivity contribution in [3.05, 3.63) is 81.1 Å². The molecule has 0 atom stereocenters. The molecule has 0 aliphatic rings. The van der Waals surface area contributed by atoms with Crippen molar-refractivity contribution in [2.45, 2.75) is 33.4 Å². The van der Waals surface area contributed by atoms with Gasteiger partial charge in [-0.25, -0.2) is 0 Å². The lowest BCUT2D eigenvalue weighted by Gasteiger charge is -2.26. The second kappa shape index (κ2) is 9.67. The molecule has 1 heterocycles. The number of rotatable bonds is 7. The number of benzene rings is 2. The molecule has 0 fully saturated rings. The number of aliphatic hydroxyl groups is 1. The van der Waals surface area contributed by atoms with E-state index in [2.05, 4.69) is 16.4 Å². The molecule has 2 aromatic carbocycles. The van der Waals surface area contributed by atoms with Crippen molar-refractivity contribution >= 4 is 28.2 Å². The van der Waals surface area contributed by atoms with Crippen LogP contribution >= 0.6 is 12.2 Å². The van der Waals surface area contributed by atoms with Gasteiger partial charge < -0.3 is 20.3 Å². The van der Waals surface area contributed by atoms with Crippen LogP contribution in [-0.2, 0) is 13.1 Å². The minimum atomic E-state index is -0.106. The molecule has 0 amide bonds. The van der Waals surface area contributed by atoms with Crippen LogP contribution in [0.2, 0.25) is 0 Å². The Labute approximate surface area is 176 Å². The molecule has 0 saturated carbocycles. The molecular weight excluding hydrogens is 382 g/mol. The lowest BCUT2D eigenvalue weighted by atomic mass is 10.0. The second-order valence-corrected chi connectivity index (χ2v) is 7.63. The van der Waals surface area contributed by atoms with Crippen molar-refractivity contribution < 1.29 is 5.11 Å². The third-order valence-corrected chi connectivity index (χ3v) is 5.55. The minimum absolute atomic E-state index is 0.0738. The Kier molecular flexibility index (Phi) is 7.01. The summed E-state index contributed by atoms with van der Waals surface area (Å²) >= 11 is 5.59. The summed E-state index contributed by atoms with van der Waals surface area (Å²) in [5.41, 5.74) is 4.80. The monoisotopic (exact) mass is 409 g/mol. The van der Waals surface area contributed by atoms with Crippen molar-refractivity contribution in [3.63, 3.8) is 0 Å². The van der Waals surface area contributed by atoms with Crippen LogP contribution in [0.5, 0.6) is 0 Å². The van der Waals surface area contributed by atoms with Gasteiger partial charge in [0.1, 0.15) is 0 Å². The number of hydrogen-bond acceptors (Lipinski definition) is 3. The zero-order chi connectivity index (χ0) is 20.8. The predicted molar refractivity (Wildman–Crippen MR) is 122 cm³/mol. The zero-order valence-electron chi connectivity index (χ0n) is 16.9. The highest BCUT2D eigenvalue weighted by molar-refractivity contribution is 7.80. The first-order valence-corrected chi connectivity index (χ1v) is 10.2. The van der Waals surface area contributed by atoms with Gasteiger partial charge in [-0.2, -0.15) is 0 Å². The van der Waals surface area contributed by atoms with Crippen molar-refractivity contribution in [1.29, 1.82) is 0 Å². The summed E-state index contributed by atoms with van der Waals surface area (Å²) in [6, 6.07) is 16.1. The van der Waals surface area contributed by atoms with Crippen molar-refractivity contribution in [2.24, 2.45) is 0 Å². The maximum Gasteiger partial charge on any atom is 0.253 e. The number of aliphatic hydroxyl groups excluding tert-OH is 1. The maximum absolute atomic E-state index is 12.7. The molecule has 3 N–H and O–H groups in total. The van der Waals surface area contributed by atoms with Gasteiger partial charge in [-0.05, 0) is 60.6 Å². The standard InChI is InChI=1S/C23H27N3O2S/c1-16-9-10-19-13-20(22(28)25-21(19)17(16)2)15-26(11-6-12-27)23(29)24-14-18-7-4-3-5-8-18/h3-5,7-10,13,27H,6,11-12,14-15H2,1-2H3,(H,24,29)(H,25,28). The van der Waals surface area contributed by atoms with Gasteiger partial charge >= 0.3 is 0 Å². The van der Waals surface area contributed by atoms with Crippen LogP contribution < -0.4 is 10.9 Å². The molecule has 0 saturated heterocycles. The van der Waals surface area contributed by atoms with Crippen LogP contribution in [0.3, 0.4) is 0 Å². The molecule has 1 aromatic heterocycles. The first-order valence-electron chi connectivity index (χ1n) is 9.79. The van der Waals surface area contributed by atoms with E-state index in [1.54, 1.807) is 0 Å². The molecule has 6 heteroatoms. The highest BCUT2D eigenvalue weighted by Crippen LogP contribution is 2.19. The largest absolute Gasteiger partial charge is 0.396 e. The number of aromatic amines is 1. The van der Waals surface area contributed by atoms with Crippen molar-refractivity contribution in [1.82, 2.24) is 15.2 Å². The topological polar surface area (TPSA) is 68.4 Å². The average Bonchev–Trinajstić information content (AvgIpc) is 2.73. The third kappa shape index (κ3) is 5.22. The van der Waals surface area contributed by atoms with E-state index in [0.717, 1.165) is 27.6 Å². The Morgan fingerprint density at radius 1 is 1.17 bits per heavy atom. The molecule has 0 aliphatic heterocycles. The van der Waals surface area contributed by atoms with Gasteiger partial charge in [-0.15, -0.1) is 0 Å². The van der Waals surface area contributed by atoms with E-state index in [9.17, 15) is 9.90 Å². The van der Waals surface area contributed by atoms with Crippen LogP contribution in [0.15, 0.2) is 53.3 Å². The molecule has 0 radical (unpaired) electrons. The molecular formula is C23H27N3O2S. The van der Waals surface area contributed by atoms with E-state index >= 15 is 0 Å². The summed E-state index contributed by atoms with van der Waals surface area (Å²) in [6.45, 7) is 5.70. The Morgan fingerprint density at radius 2 is 1.93 bits per heavy atom. The van der Waals surface area contributed by atoms with E-state index < -0.39 is 0 Å². The number of fused-ring (bicyclic) bond motifs is 1. The van der Waals surface area contributed by atoms with E-state index in [1.165, 1.54) is 0 Å². The highest BCUT2D eigenvalue weighted by Gasteiger charge is 2.14. The lowest BCUT2D eigenvalue weighted by molar-refractivity contribution is 0.264. The SMILES string of the molecule is Cc1ccc2cc(CN(CCCO)C(=S)NCc3ccccc3)c(=O)[nH]c2c1C. The lowest BCUT2D eigenvalue weighted by Crippen LogP contribution is -2.40. The first kappa shape index (κ1) is 21.0. The molecule has 3 aromatic rings. The Morgan fingerprint density at radius 3 is 2.66 bits per heavy atom. The number of H-pyrrole nitrogens is 1. The van der Waals surface area contributed by atoms with Crippen LogP contribution in [0.1, 0.15) is 28.7 Å². The van der Waals surface area contributed by atoms with Gasteiger partial charge in [0.05, 0.1) is 12.1 Å². The summed E-state index contributed by atoms with van der Waals surface area (Å²) in [6.07, 6.45) is 0.580. The Bertz CT molecular complexity index is 1050. The van der Waals surface area contributed by atoms with Gasteiger partial charge in [0.25, 0.3) is 5.56 Å². The zero-order valence-corrected chi connectivity index (χ0v) is 17.7. The number of nitrogens with zero attached hydrogens (tertiary/aromatic N) is 1. The molecule has 29 heavy (non-hydrogen) atoms. The van der Waals surface area contributed by atoms with Gasteiger partial charge in [-0.3, -0.25) is 4.79 Å². The van der Waals surface area contributed by atoms with E-state index in [4.69, 9.17) is 12.2 Å². The number of aryl methyl sites for hydroxylation is 2. The number of pyridine rings is 1. The smallest absolute Gasteiger partial charge is 0.253 e. The molecule has 5 nitrogen and oxygen atoms in total. The predicted octanol–water partition coefficient (Wildman–Crippen LogP) is 3.40. The van der Waals surface area contributed by atoms with Gasteiger partial charge in [0.15, 0.2) is 5.11 Å². The second-order valence-electron chi connectivity index (χ2n) is 7.24. The number of nitrogens with one attached hydrogen (secondary N) is 2. The van der Waals surface area contributed by atoms with E-state index in [0.29, 0.717) is 36.7 Å². The van der Waals surface area contributed by atoms with Crippen molar-refractivity contribution in [2.75, 3.05) is 13.2 Å². The van der Waals surface area contributed by atoms with Gasteiger partial charge in [-0.1, -0.05) is 42.5 Å². The quantitative estimate of drug-likeness (QED) is 0.522. The summed E-state index contributed by atoms with van der Waals surface area (Å²) < 4.78 is 0. The minimum Gasteiger partial charge on any atom is -0.396 e. The molecule has 152 valence electrons. The Hall–Kier alpha value is -2.70. The highest BCUT2D eigenvalue weighted by atomic mass is 32.1. The average molecular weight is 410 g/mol. The summed E-state index contributed by atoms with van der Waals surface area (Å²) in [5, 5.41) is 14.1. The van der Waals surface area contributed by atoms with Gasteiger partial charge in [0.2, 0.25) is 0 Å². The number of hydrogen-bond donors (Lipinski definition) is 3.